The van der Waals surface area contributed by atoms with Gasteiger partial charge in [-0.05, 0) is 79.9 Å². The van der Waals surface area contributed by atoms with Gasteiger partial charge in [0.2, 0.25) is 0 Å². The predicted octanol–water partition coefficient (Wildman–Crippen LogP) is 4.58. The van der Waals surface area contributed by atoms with Gasteiger partial charge in [-0.25, -0.2) is 9.97 Å². The minimum absolute atomic E-state index is 0.0741. The second-order valence-corrected chi connectivity index (χ2v) is 10.3. The van der Waals surface area contributed by atoms with Gasteiger partial charge in [-0.2, -0.15) is 8.42 Å². The van der Waals surface area contributed by atoms with Crippen molar-refractivity contribution in [2.45, 2.75) is 43.0 Å². The highest BCUT2D eigenvalue weighted by molar-refractivity contribution is 7.85. The maximum absolute atomic E-state index is 10.4. The molecule has 1 saturated carbocycles. The third kappa shape index (κ3) is 7.09. The smallest absolute Gasteiger partial charge is 0.316 e. The van der Waals surface area contributed by atoms with Gasteiger partial charge in [-0.15, -0.1) is 0 Å². The van der Waals surface area contributed by atoms with Crippen LogP contribution in [0.1, 0.15) is 42.7 Å². The van der Waals surface area contributed by atoms with E-state index >= 15 is 0 Å². The number of nitrogens with zero attached hydrogens (tertiary/aromatic N) is 3. The zero-order valence-electron chi connectivity index (χ0n) is 19.2. The van der Waals surface area contributed by atoms with E-state index in [2.05, 4.69) is 39.1 Å². The first-order chi connectivity index (χ1) is 16.5. The molecule has 3 aromatic rings. The Labute approximate surface area is 201 Å². The van der Waals surface area contributed by atoms with Crippen LogP contribution in [0.4, 0.5) is 0 Å². The average molecular weight is 482 g/mol. The van der Waals surface area contributed by atoms with Gasteiger partial charge in [-0.3, -0.25) is 9.45 Å². The molecule has 0 spiro atoms. The monoisotopic (exact) mass is 481 g/mol. The molecule has 0 amide bonds. The molecule has 34 heavy (non-hydrogen) atoms. The summed E-state index contributed by atoms with van der Waals surface area (Å²) in [5.41, 5.74) is 2.92. The van der Waals surface area contributed by atoms with Crippen LogP contribution >= 0.6 is 0 Å². The average Bonchev–Trinajstić information content (AvgIpc) is 3.33. The summed E-state index contributed by atoms with van der Waals surface area (Å²) in [6.07, 6.45) is 8.57. The van der Waals surface area contributed by atoms with Crippen molar-refractivity contribution in [1.82, 2.24) is 14.9 Å². The molecule has 0 radical (unpaired) electrons. The Kier molecular flexibility index (Phi) is 8.26. The number of likely N-dealkylation sites (tertiary alicyclic amines) is 1. The molecule has 8 heteroatoms. The van der Waals surface area contributed by atoms with Crippen LogP contribution < -0.4 is 4.74 Å². The number of rotatable bonds is 7. The second kappa shape index (κ2) is 11.6. The Bertz CT molecular complexity index is 1110. The zero-order valence-corrected chi connectivity index (χ0v) is 20.0. The van der Waals surface area contributed by atoms with E-state index in [9.17, 15) is 8.42 Å². The van der Waals surface area contributed by atoms with Gasteiger partial charge in [0.15, 0.2) is 0 Å². The summed E-state index contributed by atoms with van der Waals surface area (Å²) in [6.45, 7) is 4.36. The van der Waals surface area contributed by atoms with Gasteiger partial charge in [0.25, 0.3) is 10.1 Å². The van der Waals surface area contributed by atoms with E-state index < -0.39 is 10.1 Å². The number of ether oxygens (including phenoxy) is 1. The van der Waals surface area contributed by atoms with Gasteiger partial charge in [0.05, 0.1) is 11.5 Å². The highest BCUT2D eigenvalue weighted by Gasteiger charge is 2.30. The van der Waals surface area contributed by atoms with Crippen LogP contribution in [0.5, 0.6) is 6.01 Å². The SMILES string of the molecule is O=S(=O)(O)c1ccccc1.c1cnc(OCC2CC(c3ccc(CN4CCCC4)cc3)C2)nc1. The number of hydrogen-bond donors (Lipinski definition) is 1. The summed E-state index contributed by atoms with van der Waals surface area (Å²) in [5.74, 6) is 1.32. The summed E-state index contributed by atoms with van der Waals surface area (Å²) in [7, 11) is -4.00. The van der Waals surface area contributed by atoms with Crippen LogP contribution in [0.25, 0.3) is 0 Å². The Hall–Kier alpha value is -2.81. The lowest BCUT2D eigenvalue weighted by Crippen LogP contribution is -2.27. The molecule has 0 bridgehead atoms. The van der Waals surface area contributed by atoms with Gasteiger partial charge in [0.1, 0.15) is 0 Å². The molecule has 2 heterocycles. The molecule has 7 nitrogen and oxygen atoms in total. The molecule has 1 saturated heterocycles. The fourth-order valence-electron chi connectivity index (χ4n) is 4.38. The van der Waals surface area contributed by atoms with E-state index in [1.807, 2.05) is 0 Å². The Balaban J connectivity index is 0.000000231. The van der Waals surface area contributed by atoms with Crippen LogP contribution in [0, 0.1) is 5.92 Å². The molecule has 1 aliphatic heterocycles. The molecular formula is C26H31N3O4S. The molecule has 0 atom stereocenters. The molecule has 2 aromatic carbocycles. The number of hydrogen-bond acceptors (Lipinski definition) is 6. The molecule has 1 aliphatic carbocycles. The Morgan fingerprint density at radius 1 is 0.912 bits per heavy atom. The standard InChI is InChI=1S/C20H25N3O.C6H6O3S/c1-2-11-23(10-1)14-16-4-6-18(7-5-16)19-12-17(13-19)15-24-20-21-8-3-9-22-20;7-10(8,9)6-4-2-1-3-5-6/h3-9,17,19H,1-2,10-15H2;1-5H,(H,7,8,9). The van der Waals surface area contributed by atoms with E-state index in [-0.39, 0.29) is 4.90 Å². The van der Waals surface area contributed by atoms with E-state index in [4.69, 9.17) is 9.29 Å². The van der Waals surface area contributed by atoms with E-state index in [0.29, 0.717) is 17.8 Å². The Morgan fingerprint density at radius 3 is 2.15 bits per heavy atom. The van der Waals surface area contributed by atoms with Crippen LogP contribution in [0.2, 0.25) is 0 Å². The van der Waals surface area contributed by atoms with Gasteiger partial charge in [0, 0.05) is 18.9 Å². The third-order valence-electron chi connectivity index (χ3n) is 6.32. The topological polar surface area (TPSA) is 92.6 Å². The second-order valence-electron chi connectivity index (χ2n) is 8.89. The number of aromatic nitrogens is 2. The first-order valence-corrected chi connectivity index (χ1v) is 13.1. The van der Waals surface area contributed by atoms with Crippen LogP contribution in [-0.2, 0) is 16.7 Å². The van der Waals surface area contributed by atoms with Gasteiger partial charge < -0.3 is 4.74 Å². The lowest BCUT2D eigenvalue weighted by Gasteiger charge is -2.35. The fraction of sp³-hybridized carbons (Fsp3) is 0.385. The fourth-order valence-corrected chi connectivity index (χ4v) is 4.88. The summed E-state index contributed by atoms with van der Waals surface area (Å²) < 4.78 is 34.9. The summed E-state index contributed by atoms with van der Waals surface area (Å²) in [6, 6.07) is 19.0. The van der Waals surface area contributed by atoms with E-state index in [1.165, 1.54) is 62.0 Å². The van der Waals surface area contributed by atoms with Crippen molar-refractivity contribution in [2.75, 3.05) is 19.7 Å². The van der Waals surface area contributed by atoms with E-state index in [0.717, 1.165) is 13.2 Å². The number of benzene rings is 2. The maximum atomic E-state index is 10.4. The highest BCUT2D eigenvalue weighted by Crippen LogP contribution is 2.41. The summed E-state index contributed by atoms with van der Waals surface area (Å²) >= 11 is 0. The normalized spacial score (nSPS) is 20.1. The van der Waals surface area contributed by atoms with Crippen LogP contribution in [0.15, 0.2) is 78.0 Å². The largest absolute Gasteiger partial charge is 0.463 e. The van der Waals surface area contributed by atoms with Gasteiger partial charge in [-0.1, -0.05) is 42.5 Å². The van der Waals surface area contributed by atoms with E-state index in [1.54, 1.807) is 36.7 Å². The van der Waals surface area contributed by atoms with Crippen LogP contribution in [-0.4, -0.2) is 47.5 Å². The molecule has 1 N–H and O–H groups in total. The van der Waals surface area contributed by atoms with Crippen molar-refractivity contribution in [3.63, 3.8) is 0 Å². The molecule has 2 aliphatic rings. The summed E-state index contributed by atoms with van der Waals surface area (Å²) in [5, 5.41) is 0. The first-order valence-electron chi connectivity index (χ1n) is 11.7. The van der Waals surface area contributed by atoms with Crippen molar-refractivity contribution in [3.8, 4) is 6.01 Å². The molecule has 1 aromatic heterocycles. The maximum Gasteiger partial charge on any atom is 0.316 e. The van der Waals surface area contributed by atoms with Crippen LogP contribution in [0.3, 0.4) is 0 Å². The van der Waals surface area contributed by atoms with Crippen molar-refractivity contribution < 1.29 is 17.7 Å². The minimum atomic E-state index is -4.00. The predicted molar refractivity (Wildman–Crippen MR) is 130 cm³/mol. The van der Waals surface area contributed by atoms with Gasteiger partial charge >= 0.3 is 6.01 Å². The third-order valence-corrected chi connectivity index (χ3v) is 7.19. The minimum Gasteiger partial charge on any atom is -0.463 e. The lowest BCUT2D eigenvalue weighted by atomic mass is 9.72. The van der Waals surface area contributed by atoms with Crippen molar-refractivity contribution in [1.29, 1.82) is 0 Å². The molecule has 2 fully saturated rings. The molecule has 5 rings (SSSR count). The molecule has 0 unspecified atom stereocenters. The summed E-state index contributed by atoms with van der Waals surface area (Å²) in [4.78, 5) is 10.7. The lowest BCUT2D eigenvalue weighted by molar-refractivity contribution is 0.149. The molecular weight excluding hydrogens is 450 g/mol. The zero-order chi connectivity index (χ0) is 23.8. The Morgan fingerprint density at radius 2 is 1.56 bits per heavy atom. The van der Waals surface area contributed by atoms with Crippen molar-refractivity contribution >= 4 is 10.1 Å². The first kappa shape index (κ1) is 24.3. The van der Waals surface area contributed by atoms with Crippen molar-refractivity contribution in [3.05, 3.63) is 84.2 Å². The highest BCUT2D eigenvalue weighted by atomic mass is 32.2. The van der Waals surface area contributed by atoms with Crippen molar-refractivity contribution in [2.24, 2.45) is 5.92 Å². The quantitative estimate of drug-likeness (QED) is 0.494. The molecule has 180 valence electrons.